The highest BCUT2D eigenvalue weighted by Crippen LogP contribution is 2.15. The molecule has 1 heterocycles. The normalized spacial score (nSPS) is 16.9. The van der Waals surface area contributed by atoms with E-state index >= 15 is 0 Å². The number of hydrogen-bond donors (Lipinski definition) is 1. The molecule has 0 saturated carbocycles. The van der Waals surface area contributed by atoms with Crippen LogP contribution in [0.15, 0.2) is 22.8 Å². The molecular weight excluding hydrogens is 198 g/mol. The van der Waals surface area contributed by atoms with Crippen molar-refractivity contribution in [1.82, 2.24) is 4.90 Å². The summed E-state index contributed by atoms with van der Waals surface area (Å²) in [5.41, 5.74) is 0. The number of halogens is 1. The number of nitrogens with zero attached hydrogens (tertiary/aromatic N) is 1. The highest BCUT2D eigenvalue weighted by atomic mass is 79.9. The fourth-order valence-electron chi connectivity index (χ4n) is 0.660. The van der Waals surface area contributed by atoms with Crippen molar-refractivity contribution in [3.05, 3.63) is 22.8 Å². The van der Waals surface area contributed by atoms with Gasteiger partial charge in [-0.25, -0.2) is 4.79 Å². The molecule has 1 aliphatic heterocycles. The zero-order valence-electron chi connectivity index (χ0n) is 5.12. The van der Waals surface area contributed by atoms with Crippen LogP contribution in [0.25, 0.3) is 0 Å². The average Bonchev–Trinajstić information content (AvgIpc) is 1.88. The predicted molar refractivity (Wildman–Crippen MR) is 40.9 cm³/mol. The molecule has 1 rings (SSSR count). The van der Waals surface area contributed by atoms with Gasteiger partial charge in [-0.2, -0.15) is 0 Å². The van der Waals surface area contributed by atoms with Crippen molar-refractivity contribution >= 4 is 22.0 Å². The Morgan fingerprint density at radius 2 is 2.50 bits per heavy atom. The lowest BCUT2D eigenvalue weighted by molar-refractivity contribution is 0.165. The Morgan fingerprint density at radius 1 is 1.80 bits per heavy atom. The molecule has 0 aromatic heterocycles. The maximum Gasteiger partial charge on any atom is 0.412 e. The molecule has 1 aliphatic rings. The molecule has 0 aromatic carbocycles. The molecule has 4 heteroatoms. The maximum absolute atomic E-state index is 10.4. The number of amides is 1. The fraction of sp³-hybridized carbons (Fsp3) is 0.167. The molecule has 54 valence electrons. The van der Waals surface area contributed by atoms with Crippen LogP contribution in [0.1, 0.15) is 0 Å². The van der Waals surface area contributed by atoms with Crippen LogP contribution in [0.5, 0.6) is 0 Å². The lowest BCUT2D eigenvalue weighted by atomic mass is 10.4. The van der Waals surface area contributed by atoms with Crippen molar-refractivity contribution in [1.29, 1.82) is 0 Å². The minimum atomic E-state index is -0.938. The van der Waals surface area contributed by atoms with Crippen LogP contribution in [-0.2, 0) is 0 Å². The van der Waals surface area contributed by atoms with Gasteiger partial charge in [-0.3, -0.25) is 4.90 Å². The summed E-state index contributed by atoms with van der Waals surface area (Å²) in [5.74, 6) is 0. The van der Waals surface area contributed by atoms with E-state index in [1.54, 1.807) is 12.2 Å². The van der Waals surface area contributed by atoms with Crippen LogP contribution in [0.3, 0.4) is 0 Å². The molecule has 0 saturated heterocycles. The number of hydrogen-bond acceptors (Lipinski definition) is 1. The van der Waals surface area contributed by atoms with Crippen LogP contribution in [-0.4, -0.2) is 22.6 Å². The Bertz CT molecular complexity index is 210. The Hall–Kier alpha value is -0.770. The van der Waals surface area contributed by atoms with Crippen LogP contribution in [0.4, 0.5) is 4.79 Å². The third kappa shape index (κ3) is 1.39. The first-order chi connectivity index (χ1) is 4.72. The molecule has 0 fully saturated rings. The molecule has 0 aliphatic carbocycles. The smallest absolute Gasteiger partial charge is 0.412 e. The Balaban J connectivity index is 2.73. The summed E-state index contributed by atoms with van der Waals surface area (Å²) in [6, 6.07) is 0. The van der Waals surface area contributed by atoms with E-state index in [0.717, 1.165) is 0 Å². The van der Waals surface area contributed by atoms with Gasteiger partial charge in [0.15, 0.2) is 0 Å². The summed E-state index contributed by atoms with van der Waals surface area (Å²) < 4.78 is 0.586. The van der Waals surface area contributed by atoms with E-state index < -0.39 is 6.09 Å². The Kier molecular flexibility index (Phi) is 2.11. The number of rotatable bonds is 0. The first-order valence-corrected chi connectivity index (χ1v) is 3.54. The van der Waals surface area contributed by atoms with Gasteiger partial charge in [0.2, 0.25) is 0 Å². The highest BCUT2D eigenvalue weighted by Gasteiger charge is 2.13. The quantitative estimate of drug-likeness (QED) is 0.611. The lowest BCUT2D eigenvalue weighted by Gasteiger charge is -2.17. The van der Waals surface area contributed by atoms with Gasteiger partial charge in [-0.1, -0.05) is 12.2 Å². The Morgan fingerprint density at radius 3 is 2.90 bits per heavy atom. The molecule has 0 radical (unpaired) electrons. The number of carbonyl (C=O) groups is 1. The van der Waals surface area contributed by atoms with Crippen LogP contribution < -0.4 is 0 Å². The van der Waals surface area contributed by atoms with Crippen molar-refractivity contribution in [2.45, 2.75) is 0 Å². The first-order valence-electron chi connectivity index (χ1n) is 2.74. The van der Waals surface area contributed by atoms with E-state index in [9.17, 15) is 4.79 Å². The molecule has 0 aromatic rings. The summed E-state index contributed by atoms with van der Waals surface area (Å²) >= 11 is 3.11. The molecule has 0 bridgehead atoms. The van der Waals surface area contributed by atoms with Crippen molar-refractivity contribution in [2.24, 2.45) is 0 Å². The summed E-state index contributed by atoms with van der Waals surface area (Å²) in [7, 11) is 0. The minimum Gasteiger partial charge on any atom is -0.465 e. The summed E-state index contributed by atoms with van der Waals surface area (Å²) in [4.78, 5) is 11.6. The first kappa shape index (κ1) is 7.34. The topological polar surface area (TPSA) is 40.5 Å². The second kappa shape index (κ2) is 2.88. The van der Waals surface area contributed by atoms with Crippen molar-refractivity contribution in [2.75, 3.05) is 6.54 Å². The summed E-state index contributed by atoms with van der Waals surface area (Å²) in [5, 5.41) is 8.53. The maximum atomic E-state index is 10.4. The van der Waals surface area contributed by atoms with Gasteiger partial charge in [-0.15, -0.1) is 0 Å². The number of allylic oxidation sites excluding steroid dienone is 2. The largest absolute Gasteiger partial charge is 0.465 e. The monoisotopic (exact) mass is 203 g/mol. The highest BCUT2D eigenvalue weighted by molar-refractivity contribution is 9.11. The fourth-order valence-corrected chi connectivity index (χ4v) is 1.11. The molecule has 0 spiro atoms. The molecule has 1 N–H and O–H groups in total. The van der Waals surface area contributed by atoms with E-state index in [2.05, 4.69) is 15.9 Å². The van der Waals surface area contributed by atoms with E-state index in [0.29, 0.717) is 11.2 Å². The molecule has 10 heavy (non-hydrogen) atoms. The van der Waals surface area contributed by atoms with Gasteiger partial charge in [0.25, 0.3) is 0 Å². The number of carboxylic acid groups (broad SMARTS) is 1. The van der Waals surface area contributed by atoms with Gasteiger partial charge in [0.1, 0.15) is 0 Å². The third-order valence-electron chi connectivity index (χ3n) is 1.15. The molecule has 3 nitrogen and oxygen atoms in total. The predicted octanol–water partition coefficient (Wildman–Crippen LogP) is 1.77. The van der Waals surface area contributed by atoms with Crippen molar-refractivity contribution in [3.8, 4) is 0 Å². The van der Waals surface area contributed by atoms with Crippen LogP contribution in [0, 0.1) is 0 Å². The second-order valence-electron chi connectivity index (χ2n) is 1.81. The van der Waals surface area contributed by atoms with Crippen LogP contribution >= 0.6 is 15.9 Å². The molecule has 0 atom stereocenters. The summed E-state index contributed by atoms with van der Waals surface area (Å²) in [6.07, 6.45) is 4.34. The van der Waals surface area contributed by atoms with Crippen molar-refractivity contribution < 1.29 is 9.90 Å². The zero-order chi connectivity index (χ0) is 7.56. The van der Waals surface area contributed by atoms with Crippen LogP contribution in [0.2, 0.25) is 0 Å². The van der Waals surface area contributed by atoms with Gasteiger partial charge >= 0.3 is 6.09 Å². The van der Waals surface area contributed by atoms with Gasteiger partial charge in [-0.05, 0) is 22.0 Å². The van der Waals surface area contributed by atoms with E-state index in [4.69, 9.17) is 5.11 Å². The van der Waals surface area contributed by atoms with E-state index in [1.807, 2.05) is 6.08 Å². The molecule has 1 amide bonds. The lowest BCUT2D eigenvalue weighted by Crippen LogP contribution is -2.27. The molecular formula is C6H6BrNO2. The summed E-state index contributed by atoms with van der Waals surface area (Å²) in [6.45, 7) is 0.423. The zero-order valence-corrected chi connectivity index (χ0v) is 6.71. The van der Waals surface area contributed by atoms with Gasteiger partial charge in [0.05, 0.1) is 4.61 Å². The van der Waals surface area contributed by atoms with Gasteiger partial charge < -0.3 is 5.11 Å². The van der Waals surface area contributed by atoms with E-state index in [-0.39, 0.29) is 0 Å². The molecule has 0 unspecified atom stereocenters. The minimum absolute atomic E-state index is 0.423. The van der Waals surface area contributed by atoms with E-state index in [1.165, 1.54) is 4.90 Å². The average molecular weight is 204 g/mol. The van der Waals surface area contributed by atoms with Gasteiger partial charge in [0, 0.05) is 6.54 Å². The van der Waals surface area contributed by atoms with Crippen molar-refractivity contribution in [3.63, 3.8) is 0 Å². The SMILES string of the molecule is O=C(O)N1CC=CC=C1Br. The second-order valence-corrected chi connectivity index (χ2v) is 2.62. The third-order valence-corrected chi connectivity index (χ3v) is 1.84. The Labute approximate surface area is 66.8 Å². The standard InChI is InChI=1S/C6H6BrNO2/c7-5-3-1-2-4-8(5)6(9)10/h1-3H,4H2,(H,9,10).